The van der Waals surface area contributed by atoms with Crippen molar-refractivity contribution in [1.82, 2.24) is 4.98 Å². The average Bonchev–Trinajstić information content (AvgIpc) is 2.53. The molecule has 23 heavy (non-hydrogen) atoms. The van der Waals surface area contributed by atoms with E-state index in [0.717, 1.165) is 5.56 Å². The molecule has 0 atom stereocenters. The van der Waals surface area contributed by atoms with Gasteiger partial charge in [0.1, 0.15) is 5.58 Å². The molecule has 3 rings (SSSR count). The third kappa shape index (κ3) is 3.38. The predicted molar refractivity (Wildman–Crippen MR) is 89.8 cm³/mol. The fraction of sp³-hybridized carbons (Fsp3) is 0.0556. The molecule has 0 N–H and O–H groups in total. The summed E-state index contributed by atoms with van der Waals surface area (Å²) < 4.78 is 5.05. The van der Waals surface area contributed by atoms with Crippen LogP contribution in [0.15, 0.2) is 57.8 Å². The number of halogens is 1. The van der Waals surface area contributed by atoms with E-state index in [4.69, 9.17) is 16.0 Å². The minimum Gasteiger partial charge on any atom is -0.408 e. The second-order valence-electron chi connectivity index (χ2n) is 5.03. The Labute approximate surface area is 137 Å². The van der Waals surface area contributed by atoms with Gasteiger partial charge in [-0.2, -0.15) is 4.98 Å². The van der Waals surface area contributed by atoms with E-state index >= 15 is 0 Å². The summed E-state index contributed by atoms with van der Waals surface area (Å²) in [6.07, 6.45) is 3.17. The van der Waals surface area contributed by atoms with Gasteiger partial charge in [-0.1, -0.05) is 35.9 Å². The largest absolute Gasteiger partial charge is 0.439 e. The molecule has 4 nitrogen and oxygen atoms in total. The van der Waals surface area contributed by atoms with Crippen molar-refractivity contribution >= 4 is 34.4 Å². The fourth-order valence-electron chi connectivity index (χ4n) is 2.22. The van der Waals surface area contributed by atoms with Gasteiger partial charge in [-0.3, -0.25) is 4.79 Å². The van der Waals surface area contributed by atoms with E-state index < -0.39 is 5.76 Å². The molecule has 1 heterocycles. The second kappa shape index (κ2) is 6.18. The number of ketones is 1. The van der Waals surface area contributed by atoms with Crippen molar-refractivity contribution in [2.45, 2.75) is 6.92 Å². The molecule has 2 aromatic carbocycles. The molecule has 0 bridgehead atoms. The maximum Gasteiger partial charge on any atom is 0.439 e. The molecule has 3 aromatic rings. The lowest BCUT2D eigenvalue weighted by molar-refractivity contribution is 0.104. The number of hydrogen-bond donors (Lipinski definition) is 0. The van der Waals surface area contributed by atoms with E-state index in [1.54, 1.807) is 43.3 Å². The summed E-state index contributed by atoms with van der Waals surface area (Å²) in [7, 11) is 0. The van der Waals surface area contributed by atoms with Crippen LogP contribution in [0.4, 0.5) is 0 Å². The Bertz CT molecular complexity index is 972. The van der Waals surface area contributed by atoms with Crippen LogP contribution in [0.5, 0.6) is 0 Å². The van der Waals surface area contributed by atoms with Crippen molar-refractivity contribution in [2.24, 2.45) is 0 Å². The fourth-order valence-corrected chi connectivity index (χ4v) is 2.34. The van der Waals surface area contributed by atoms with Crippen LogP contribution in [0.1, 0.15) is 21.6 Å². The van der Waals surface area contributed by atoms with Crippen LogP contribution in [-0.2, 0) is 0 Å². The van der Waals surface area contributed by atoms with Gasteiger partial charge in [0.05, 0.1) is 5.69 Å². The van der Waals surface area contributed by atoms with Crippen LogP contribution in [0, 0.1) is 6.92 Å². The zero-order valence-corrected chi connectivity index (χ0v) is 13.0. The summed E-state index contributed by atoms with van der Waals surface area (Å²) in [6, 6.07) is 12.1. The van der Waals surface area contributed by atoms with Crippen LogP contribution in [0.2, 0.25) is 5.02 Å². The maximum atomic E-state index is 12.3. The van der Waals surface area contributed by atoms with Gasteiger partial charge in [0.2, 0.25) is 0 Å². The molecule has 0 saturated carbocycles. The minimum atomic E-state index is -0.670. The van der Waals surface area contributed by atoms with E-state index in [0.29, 0.717) is 27.2 Å². The van der Waals surface area contributed by atoms with E-state index in [1.807, 2.05) is 12.1 Å². The van der Waals surface area contributed by atoms with Crippen molar-refractivity contribution < 1.29 is 9.21 Å². The number of rotatable bonds is 3. The molecule has 0 aliphatic carbocycles. The van der Waals surface area contributed by atoms with Crippen LogP contribution >= 0.6 is 11.6 Å². The standard InChI is InChI=1S/C18H12ClNO3/c1-11-15-8-5-13(10-17(15)23-18(22)20-11)16(21)9-4-12-2-6-14(19)7-3-12/h2-10H,1H3/b9-4+. The lowest BCUT2D eigenvalue weighted by Gasteiger charge is -2.01. The predicted octanol–water partition coefficient (Wildman–Crippen LogP) is 4.05. The first-order chi connectivity index (χ1) is 11.0. The summed E-state index contributed by atoms with van der Waals surface area (Å²) in [5, 5.41) is 1.35. The van der Waals surface area contributed by atoms with Crippen LogP contribution in [0.25, 0.3) is 17.0 Å². The first-order valence-corrected chi connectivity index (χ1v) is 7.30. The van der Waals surface area contributed by atoms with Gasteiger partial charge in [-0.15, -0.1) is 0 Å². The topological polar surface area (TPSA) is 60.2 Å². The number of hydrogen-bond acceptors (Lipinski definition) is 4. The molecule has 0 radical (unpaired) electrons. The number of aryl methyl sites for hydroxylation is 1. The zero-order valence-electron chi connectivity index (χ0n) is 12.2. The zero-order chi connectivity index (χ0) is 16.4. The number of allylic oxidation sites excluding steroid dienone is 1. The molecular formula is C18H12ClNO3. The van der Waals surface area contributed by atoms with Crippen molar-refractivity contribution in [2.75, 3.05) is 0 Å². The number of fused-ring (bicyclic) bond motifs is 1. The van der Waals surface area contributed by atoms with Gasteiger partial charge in [0.15, 0.2) is 5.78 Å². The van der Waals surface area contributed by atoms with Crippen LogP contribution < -0.4 is 5.76 Å². The first-order valence-electron chi connectivity index (χ1n) is 6.92. The lowest BCUT2D eigenvalue weighted by Crippen LogP contribution is -2.06. The third-order valence-corrected chi connectivity index (χ3v) is 3.66. The Balaban J connectivity index is 1.91. The molecule has 114 valence electrons. The maximum absolute atomic E-state index is 12.3. The third-order valence-electron chi connectivity index (χ3n) is 3.41. The normalized spacial score (nSPS) is 11.2. The quantitative estimate of drug-likeness (QED) is 0.538. The number of aromatic nitrogens is 1. The highest BCUT2D eigenvalue weighted by Gasteiger charge is 2.08. The van der Waals surface area contributed by atoms with Crippen LogP contribution in [-0.4, -0.2) is 10.8 Å². The molecule has 0 aliphatic rings. The molecule has 0 saturated heterocycles. The van der Waals surface area contributed by atoms with E-state index in [9.17, 15) is 9.59 Å². The lowest BCUT2D eigenvalue weighted by atomic mass is 10.1. The number of carbonyl (C=O) groups excluding carboxylic acids is 1. The molecule has 0 spiro atoms. The van der Waals surface area contributed by atoms with Gasteiger partial charge >= 0.3 is 5.76 Å². The second-order valence-corrected chi connectivity index (χ2v) is 5.46. The summed E-state index contributed by atoms with van der Waals surface area (Å²) in [6.45, 7) is 1.72. The molecule has 1 aromatic heterocycles. The summed E-state index contributed by atoms with van der Waals surface area (Å²) in [5.41, 5.74) is 2.24. The van der Waals surface area contributed by atoms with Crippen molar-refractivity contribution in [3.05, 3.63) is 80.9 Å². The first kappa shape index (κ1) is 15.2. The smallest absolute Gasteiger partial charge is 0.408 e. The molecule has 0 amide bonds. The van der Waals surface area contributed by atoms with Crippen molar-refractivity contribution in [3.8, 4) is 0 Å². The number of nitrogens with zero attached hydrogens (tertiary/aromatic N) is 1. The van der Waals surface area contributed by atoms with E-state index in [1.165, 1.54) is 6.08 Å². The Kier molecular flexibility index (Phi) is 4.08. The molecule has 5 heteroatoms. The Hall–Kier alpha value is -2.72. The van der Waals surface area contributed by atoms with Gasteiger partial charge in [-0.25, -0.2) is 4.79 Å². The average molecular weight is 326 g/mol. The highest BCUT2D eigenvalue weighted by atomic mass is 35.5. The Morgan fingerprint density at radius 1 is 1.17 bits per heavy atom. The SMILES string of the molecule is Cc1nc(=O)oc2cc(C(=O)/C=C/c3ccc(Cl)cc3)ccc12. The Morgan fingerprint density at radius 2 is 1.91 bits per heavy atom. The minimum absolute atomic E-state index is 0.182. The Morgan fingerprint density at radius 3 is 2.65 bits per heavy atom. The molecule has 0 fully saturated rings. The van der Waals surface area contributed by atoms with Gasteiger partial charge in [-0.05, 0) is 42.8 Å². The van der Waals surface area contributed by atoms with Crippen molar-refractivity contribution in [1.29, 1.82) is 0 Å². The van der Waals surface area contributed by atoms with Crippen molar-refractivity contribution in [3.63, 3.8) is 0 Å². The summed E-state index contributed by atoms with van der Waals surface area (Å²) in [4.78, 5) is 27.3. The molecular weight excluding hydrogens is 314 g/mol. The van der Waals surface area contributed by atoms with Crippen LogP contribution in [0.3, 0.4) is 0 Å². The van der Waals surface area contributed by atoms with Gasteiger partial charge in [0, 0.05) is 16.0 Å². The highest BCUT2D eigenvalue weighted by Crippen LogP contribution is 2.18. The number of benzene rings is 2. The van der Waals surface area contributed by atoms with Gasteiger partial charge < -0.3 is 4.42 Å². The number of carbonyl (C=O) groups is 1. The van der Waals surface area contributed by atoms with E-state index in [2.05, 4.69) is 4.98 Å². The van der Waals surface area contributed by atoms with E-state index in [-0.39, 0.29) is 5.78 Å². The monoisotopic (exact) mass is 325 g/mol. The summed E-state index contributed by atoms with van der Waals surface area (Å²) >= 11 is 5.82. The summed E-state index contributed by atoms with van der Waals surface area (Å²) in [5.74, 6) is -0.852. The highest BCUT2D eigenvalue weighted by molar-refractivity contribution is 6.30. The van der Waals surface area contributed by atoms with Gasteiger partial charge in [0.25, 0.3) is 0 Å². The molecule has 0 aliphatic heterocycles. The molecule has 0 unspecified atom stereocenters.